The average molecular weight is 673 g/mol. The van der Waals surface area contributed by atoms with Gasteiger partial charge in [0.2, 0.25) is 0 Å². The Morgan fingerprint density at radius 1 is 0.696 bits per heavy atom. The van der Waals surface area contributed by atoms with E-state index >= 15 is 0 Å². The topological polar surface area (TPSA) is 115 Å². The molecule has 1 heterocycles. The summed E-state index contributed by atoms with van der Waals surface area (Å²) in [6.07, 6.45) is 37.1. The molecule has 0 bridgehead atoms. The molecule has 2 unspecified atom stereocenters. The minimum Gasteiger partial charge on any atom is -0.498 e. The molecule has 1 fully saturated rings. The van der Waals surface area contributed by atoms with Gasteiger partial charge in [-0.15, -0.1) is 0 Å². The zero-order valence-electron chi connectivity index (χ0n) is 29.4. The minimum atomic E-state index is -4.67. The van der Waals surface area contributed by atoms with Gasteiger partial charge in [-0.2, -0.15) is 0 Å². The predicted molar refractivity (Wildman–Crippen MR) is 188 cm³/mol. The number of hydrogen-bond donors (Lipinski definition) is 2. The predicted octanol–water partition coefficient (Wildman–Crippen LogP) is 10.7. The highest BCUT2D eigenvalue weighted by Crippen LogP contribution is 2.36. The van der Waals surface area contributed by atoms with Crippen molar-refractivity contribution in [3.63, 3.8) is 0 Å². The fourth-order valence-corrected chi connectivity index (χ4v) is 5.95. The monoisotopic (exact) mass is 672 g/mol. The first-order valence-corrected chi connectivity index (χ1v) is 20.3. The lowest BCUT2D eigenvalue weighted by Gasteiger charge is -2.18. The van der Waals surface area contributed by atoms with E-state index in [0.29, 0.717) is 12.2 Å². The second-order valence-corrected chi connectivity index (χ2v) is 14.2. The van der Waals surface area contributed by atoms with Gasteiger partial charge in [-0.1, -0.05) is 135 Å². The van der Waals surface area contributed by atoms with Crippen LogP contribution in [0.3, 0.4) is 0 Å². The molecule has 0 saturated carbocycles. The Labute approximate surface area is 281 Å². The summed E-state index contributed by atoms with van der Waals surface area (Å²) in [4.78, 5) is 30.5. The lowest BCUT2D eigenvalue weighted by Crippen LogP contribution is -2.27. The number of phosphoric acid groups is 1. The zero-order chi connectivity index (χ0) is 33.6. The lowest BCUT2D eigenvalue weighted by atomic mass is 10.0. The summed E-state index contributed by atoms with van der Waals surface area (Å²) in [6, 6.07) is 0. The van der Waals surface area contributed by atoms with Crippen LogP contribution < -0.4 is 0 Å². The molecule has 270 valence electrons. The molecular formula is C37H69O8P. The molecule has 1 aliphatic rings. The van der Waals surface area contributed by atoms with E-state index in [0.717, 1.165) is 57.8 Å². The fourth-order valence-electron chi connectivity index (χ4n) is 5.59. The summed E-state index contributed by atoms with van der Waals surface area (Å²) in [5.41, 5.74) is 0. The number of rotatable bonds is 34. The van der Waals surface area contributed by atoms with Crippen LogP contribution in [0, 0.1) is 0 Å². The third-order valence-electron chi connectivity index (χ3n) is 8.49. The summed E-state index contributed by atoms with van der Waals surface area (Å²) in [5, 5.41) is 0. The number of esters is 1. The maximum absolute atomic E-state index is 12.3. The molecule has 9 heteroatoms. The number of unbranched alkanes of at least 4 members (excludes halogenated alkanes) is 19. The third kappa shape index (κ3) is 29.0. The normalized spacial score (nSPS) is 17.2. The summed E-state index contributed by atoms with van der Waals surface area (Å²) in [5.74, 6) is -0.401. The maximum Gasteiger partial charge on any atom is 0.469 e. The van der Waals surface area contributed by atoms with E-state index < -0.39 is 26.5 Å². The molecule has 46 heavy (non-hydrogen) atoms. The van der Waals surface area contributed by atoms with Crippen LogP contribution in [0.15, 0.2) is 24.5 Å². The Hall–Kier alpha value is -1.18. The van der Waals surface area contributed by atoms with E-state index in [1.165, 1.54) is 96.3 Å². The second kappa shape index (κ2) is 29.9. The van der Waals surface area contributed by atoms with Gasteiger partial charge in [0.15, 0.2) is 6.10 Å². The maximum atomic E-state index is 12.3. The van der Waals surface area contributed by atoms with Crippen LogP contribution in [0.25, 0.3) is 0 Å². The summed E-state index contributed by atoms with van der Waals surface area (Å²) in [6.45, 7) is 4.06. The highest BCUT2D eigenvalue weighted by atomic mass is 31.2. The second-order valence-electron chi connectivity index (χ2n) is 13.0. The molecule has 0 radical (unpaired) electrons. The molecule has 1 saturated heterocycles. The highest BCUT2D eigenvalue weighted by molar-refractivity contribution is 7.46. The van der Waals surface area contributed by atoms with Crippen LogP contribution in [0.4, 0.5) is 0 Å². The van der Waals surface area contributed by atoms with E-state index in [2.05, 4.69) is 30.5 Å². The lowest BCUT2D eigenvalue weighted by molar-refractivity contribution is -0.153. The molecule has 1 aliphatic heterocycles. The fraction of sp³-hybridized carbons (Fsp3) is 0.865. The van der Waals surface area contributed by atoms with Crippen molar-refractivity contribution in [2.45, 2.75) is 193 Å². The third-order valence-corrected chi connectivity index (χ3v) is 8.98. The molecule has 3 atom stereocenters. The first-order chi connectivity index (χ1) is 22.4. The molecular weight excluding hydrogens is 603 g/mol. The SMILES string of the molecule is CCCCCCCCCCCCCC/C=C/OC[C@H](COP(=O)(O)O)OC(=O)CCCCCCC/C=C\CC1OC1CCCCC. The van der Waals surface area contributed by atoms with Crippen LogP contribution in [0.5, 0.6) is 0 Å². The van der Waals surface area contributed by atoms with Crippen molar-refractivity contribution in [1.82, 2.24) is 0 Å². The number of phosphoric ester groups is 1. The van der Waals surface area contributed by atoms with Crippen molar-refractivity contribution >= 4 is 13.8 Å². The van der Waals surface area contributed by atoms with Crippen molar-refractivity contribution in [2.75, 3.05) is 13.2 Å². The van der Waals surface area contributed by atoms with Crippen molar-refractivity contribution in [3.05, 3.63) is 24.5 Å². The van der Waals surface area contributed by atoms with Gasteiger partial charge in [-0.05, 0) is 51.0 Å². The van der Waals surface area contributed by atoms with Crippen LogP contribution in [0.1, 0.15) is 174 Å². The Balaban J connectivity index is 2.05. The number of epoxide rings is 1. The minimum absolute atomic E-state index is 0.0133. The molecule has 0 aliphatic carbocycles. The molecule has 1 rings (SSSR count). The highest BCUT2D eigenvalue weighted by Gasteiger charge is 2.36. The molecule has 0 aromatic rings. The molecule has 2 N–H and O–H groups in total. The summed E-state index contributed by atoms with van der Waals surface area (Å²) in [7, 11) is -4.67. The van der Waals surface area contributed by atoms with Crippen molar-refractivity contribution in [1.29, 1.82) is 0 Å². The Morgan fingerprint density at radius 3 is 1.85 bits per heavy atom. The van der Waals surface area contributed by atoms with Crippen molar-refractivity contribution < 1.29 is 37.9 Å². The Bertz CT molecular complexity index is 811. The first-order valence-electron chi connectivity index (χ1n) is 18.8. The molecule has 0 amide bonds. The van der Waals surface area contributed by atoms with E-state index in [4.69, 9.17) is 24.0 Å². The largest absolute Gasteiger partial charge is 0.498 e. The van der Waals surface area contributed by atoms with Gasteiger partial charge in [0, 0.05) is 6.42 Å². The smallest absolute Gasteiger partial charge is 0.469 e. The van der Waals surface area contributed by atoms with Gasteiger partial charge < -0.3 is 24.0 Å². The molecule has 8 nitrogen and oxygen atoms in total. The Morgan fingerprint density at radius 2 is 1.24 bits per heavy atom. The summed E-state index contributed by atoms with van der Waals surface area (Å²) >= 11 is 0. The Kier molecular flexibility index (Phi) is 27.9. The molecule has 0 aromatic heterocycles. The van der Waals surface area contributed by atoms with E-state index in [1.807, 2.05) is 6.08 Å². The molecule has 0 spiro atoms. The van der Waals surface area contributed by atoms with Gasteiger partial charge in [-0.25, -0.2) is 4.57 Å². The number of hydrogen-bond acceptors (Lipinski definition) is 6. The van der Waals surface area contributed by atoms with Crippen LogP contribution in [-0.4, -0.2) is 47.3 Å². The average Bonchev–Trinajstić information content (AvgIpc) is 3.77. The van der Waals surface area contributed by atoms with Crippen LogP contribution >= 0.6 is 7.82 Å². The van der Waals surface area contributed by atoms with E-state index in [1.54, 1.807) is 6.26 Å². The van der Waals surface area contributed by atoms with Crippen molar-refractivity contribution in [2.24, 2.45) is 0 Å². The number of carbonyl (C=O) groups excluding carboxylic acids is 1. The van der Waals surface area contributed by atoms with Gasteiger partial charge >= 0.3 is 13.8 Å². The van der Waals surface area contributed by atoms with Gasteiger partial charge in [0.05, 0.1) is 25.1 Å². The van der Waals surface area contributed by atoms with Crippen LogP contribution in [0.2, 0.25) is 0 Å². The quantitative estimate of drug-likeness (QED) is 0.0173. The zero-order valence-corrected chi connectivity index (χ0v) is 30.3. The standard InChI is InChI=1S/C37H69O8P/c1-3-5-7-8-9-10-11-12-13-14-17-20-23-27-31-42-32-34(33-43-46(39,40)41)44-37(38)30-26-22-19-16-15-18-21-25-29-36-35(45-36)28-24-6-4-2/h21,25,27,31,34-36H,3-20,22-24,26,28-30,32-33H2,1-2H3,(H2,39,40,41)/b25-21-,31-27+/t34-,35?,36?/m1/s1. The molecule has 0 aromatic carbocycles. The van der Waals surface area contributed by atoms with Gasteiger partial charge in [0.25, 0.3) is 0 Å². The van der Waals surface area contributed by atoms with Gasteiger partial charge in [0.1, 0.15) is 6.61 Å². The van der Waals surface area contributed by atoms with E-state index in [9.17, 15) is 9.36 Å². The number of allylic oxidation sites excluding steroid dienone is 2. The summed E-state index contributed by atoms with van der Waals surface area (Å²) < 4.78 is 32.4. The first kappa shape index (κ1) is 42.8. The van der Waals surface area contributed by atoms with Crippen molar-refractivity contribution in [3.8, 4) is 0 Å². The van der Waals surface area contributed by atoms with Gasteiger partial charge in [-0.3, -0.25) is 9.32 Å². The van der Waals surface area contributed by atoms with Crippen LogP contribution in [-0.2, 0) is 28.1 Å². The van der Waals surface area contributed by atoms with E-state index in [-0.39, 0.29) is 13.0 Å². The number of carbonyl (C=O) groups is 1. The number of ether oxygens (including phenoxy) is 3.